The van der Waals surface area contributed by atoms with Gasteiger partial charge in [0.25, 0.3) is 0 Å². The topological polar surface area (TPSA) is 38.8 Å². The van der Waals surface area contributed by atoms with Crippen molar-refractivity contribution in [2.45, 2.75) is 30.4 Å². The predicted molar refractivity (Wildman–Crippen MR) is 145 cm³/mol. The summed E-state index contributed by atoms with van der Waals surface area (Å²) in [5, 5.41) is 0. The first-order chi connectivity index (χ1) is 18.5. The van der Waals surface area contributed by atoms with Crippen molar-refractivity contribution in [2.75, 3.05) is 43.9 Å². The van der Waals surface area contributed by atoms with Crippen LogP contribution in [0, 0.1) is 17.6 Å². The highest BCUT2D eigenvalue weighted by Crippen LogP contribution is 2.37. The minimum atomic E-state index is -0.570. The van der Waals surface area contributed by atoms with Crippen molar-refractivity contribution in [3.8, 4) is 5.75 Å². The van der Waals surface area contributed by atoms with Gasteiger partial charge in [0, 0.05) is 29.4 Å². The van der Waals surface area contributed by atoms with Crippen LogP contribution in [0.15, 0.2) is 77.7 Å². The zero-order valence-corrected chi connectivity index (χ0v) is 22.3. The average molecular weight is 540 g/mol. The Hall–Kier alpha value is -3.10. The van der Waals surface area contributed by atoms with Gasteiger partial charge in [-0.2, -0.15) is 0 Å². The number of carbonyl (C=O) groups excluding carboxylic acids is 1. The number of hydrogen-bond donors (Lipinski definition) is 0. The molecule has 0 aliphatic carbocycles. The third-order valence-electron chi connectivity index (χ3n) is 7.80. The summed E-state index contributed by atoms with van der Waals surface area (Å²) < 4.78 is 40.8. The van der Waals surface area contributed by atoms with Gasteiger partial charge in [-0.15, -0.1) is 11.8 Å². The van der Waals surface area contributed by atoms with Crippen molar-refractivity contribution in [3.05, 3.63) is 90.0 Å². The lowest BCUT2D eigenvalue weighted by Crippen LogP contribution is -2.65. The van der Waals surface area contributed by atoms with Gasteiger partial charge < -0.3 is 14.0 Å². The van der Waals surface area contributed by atoms with E-state index in [1.807, 2.05) is 18.2 Å². The van der Waals surface area contributed by atoms with Crippen LogP contribution in [0.4, 0.5) is 19.3 Å². The van der Waals surface area contributed by atoms with Gasteiger partial charge in [-0.3, -0.25) is 4.90 Å². The zero-order chi connectivity index (χ0) is 26.5. The Morgan fingerprint density at radius 1 is 1.00 bits per heavy atom. The van der Waals surface area contributed by atoms with E-state index in [1.165, 1.54) is 23.1 Å². The average Bonchev–Trinajstić information content (AvgIpc) is 2.94. The summed E-state index contributed by atoms with van der Waals surface area (Å²) in [6.45, 7) is 4.00. The molecule has 0 saturated carbocycles. The smallest absolute Gasteiger partial charge is 0.415 e. The number of quaternary nitrogens is 1. The Labute approximate surface area is 226 Å². The molecular formula is C30H33F2N2O3S+. The van der Waals surface area contributed by atoms with Gasteiger partial charge in [0.1, 0.15) is 23.9 Å². The maximum absolute atomic E-state index is 14.8. The highest BCUT2D eigenvalue weighted by atomic mass is 32.2. The van der Waals surface area contributed by atoms with Crippen LogP contribution in [0.1, 0.15) is 18.4 Å². The first-order valence-electron chi connectivity index (χ1n) is 13.0. The first kappa shape index (κ1) is 26.5. The Morgan fingerprint density at radius 3 is 2.45 bits per heavy atom. The Balaban J connectivity index is 1.27. The summed E-state index contributed by atoms with van der Waals surface area (Å²) in [4.78, 5) is 16.0. The molecule has 1 atom stereocenters. The summed E-state index contributed by atoms with van der Waals surface area (Å²) in [6, 6.07) is 20.1. The molecule has 0 N–H and O–H groups in total. The van der Waals surface area contributed by atoms with E-state index in [4.69, 9.17) is 9.47 Å². The molecule has 3 aliphatic rings. The molecule has 2 bridgehead atoms. The van der Waals surface area contributed by atoms with Crippen LogP contribution in [0.25, 0.3) is 0 Å². The molecule has 0 radical (unpaired) electrons. The van der Waals surface area contributed by atoms with Crippen LogP contribution in [-0.4, -0.2) is 55.7 Å². The highest BCUT2D eigenvalue weighted by Gasteiger charge is 2.47. The normalized spacial score (nSPS) is 22.2. The Kier molecular flexibility index (Phi) is 8.19. The molecule has 6 rings (SSSR count). The summed E-state index contributed by atoms with van der Waals surface area (Å²) in [5.74, 6) is 1.28. The molecule has 3 aromatic rings. The summed E-state index contributed by atoms with van der Waals surface area (Å²) >= 11 is 1.79. The number of ether oxygens (including phenoxy) is 2. The van der Waals surface area contributed by atoms with Crippen molar-refractivity contribution in [1.29, 1.82) is 0 Å². The molecular weight excluding hydrogens is 506 g/mol. The van der Waals surface area contributed by atoms with E-state index in [-0.39, 0.29) is 24.2 Å². The number of carbonyl (C=O) groups is 1. The van der Waals surface area contributed by atoms with Crippen LogP contribution in [0.5, 0.6) is 5.75 Å². The van der Waals surface area contributed by atoms with Crippen molar-refractivity contribution in [1.82, 2.24) is 0 Å². The molecule has 200 valence electrons. The van der Waals surface area contributed by atoms with Crippen molar-refractivity contribution in [3.63, 3.8) is 0 Å². The molecule has 3 saturated heterocycles. The lowest BCUT2D eigenvalue weighted by Gasteiger charge is -2.52. The van der Waals surface area contributed by atoms with Crippen LogP contribution >= 0.6 is 11.8 Å². The number of nitrogens with zero attached hydrogens (tertiary/aromatic N) is 2. The van der Waals surface area contributed by atoms with Crippen molar-refractivity contribution < 1.29 is 27.5 Å². The number of methoxy groups -OCH3 is 1. The van der Waals surface area contributed by atoms with Crippen LogP contribution in [0.2, 0.25) is 0 Å². The fraction of sp³-hybridized carbons (Fsp3) is 0.367. The van der Waals surface area contributed by atoms with Crippen molar-refractivity contribution in [2.24, 2.45) is 5.92 Å². The number of piperidine rings is 3. The fourth-order valence-corrected chi connectivity index (χ4v) is 6.81. The number of halogens is 2. The second kappa shape index (κ2) is 11.7. The second-order valence-electron chi connectivity index (χ2n) is 10.1. The molecule has 3 heterocycles. The second-order valence-corrected chi connectivity index (χ2v) is 11.3. The number of amides is 1. The maximum Gasteiger partial charge on any atom is 0.415 e. The predicted octanol–water partition coefficient (Wildman–Crippen LogP) is 6.52. The number of fused-ring (bicyclic) bond motifs is 3. The lowest BCUT2D eigenvalue weighted by atomic mass is 9.83. The van der Waals surface area contributed by atoms with E-state index in [1.54, 1.807) is 49.2 Å². The van der Waals surface area contributed by atoms with E-state index >= 15 is 0 Å². The number of thioether (sulfide) groups is 1. The monoisotopic (exact) mass is 539 g/mol. The van der Waals surface area contributed by atoms with Gasteiger partial charge in [-0.25, -0.2) is 13.6 Å². The van der Waals surface area contributed by atoms with Crippen molar-refractivity contribution >= 4 is 23.5 Å². The molecule has 3 fully saturated rings. The SMILES string of the molecule is COc1ccccc1SCC[N+]12CCC(CC1)[C@@H](OC(=O)N(Cc1ccc(F)cc1)c1ccccc1F)C2. The Morgan fingerprint density at radius 2 is 1.71 bits per heavy atom. The van der Waals surface area contributed by atoms with E-state index in [0.29, 0.717) is 11.5 Å². The van der Waals surface area contributed by atoms with Crippen LogP contribution < -0.4 is 9.64 Å². The highest BCUT2D eigenvalue weighted by molar-refractivity contribution is 7.99. The number of hydrogen-bond acceptors (Lipinski definition) is 4. The molecule has 0 spiro atoms. The Bertz CT molecular complexity index is 1250. The van der Waals surface area contributed by atoms with E-state index in [9.17, 15) is 13.6 Å². The van der Waals surface area contributed by atoms with Gasteiger partial charge >= 0.3 is 6.09 Å². The largest absolute Gasteiger partial charge is 0.496 e. The minimum Gasteiger partial charge on any atom is -0.496 e. The van der Waals surface area contributed by atoms with Gasteiger partial charge in [0.15, 0.2) is 6.10 Å². The van der Waals surface area contributed by atoms with Gasteiger partial charge in [-0.05, 0) is 42.0 Å². The van der Waals surface area contributed by atoms with Crippen LogP contribution in [0.3, 0.4) is 0 Å². The molecule has 3 aliphatic heterocycles. The molecule has 0 aromatic heterocycles. The third-order valence-corrected chi connectivity index (χ3v) is 8.84. The molecule has 3 aromatic carbocycles. The molecule has 0 unspecified atom stereocenters. The lowest BCUT2D eigenvalue weighted by molar-refractivity contribution is -0.943. The van der Waals surface area contributed by atoms with Crippen LogP contribution in [-0.2, 0) is 11.3 Å². The molecule has 8 heteroatoms. The van der Waals surface area contributed by atoms with E-state index in [2.05, 4.69) is 6.07 Å². The molecule has 38 heavy (non-hydrogen) atoms. The van der Waals surface area contributed by atoms with Gasteiger partial charge in [-0.1, -0.05) is 36.4 Å². The number of anilines is 1. The number of rotatable bonds is 9. The molecule has 1 amide bonds. The van der Waals surface area contributed by atoms with E-state index < -0.39 is 11.9 Å². The van der Waals surface area contributed by atoms with Gasteiger partial charge in [0.05, 0.1) is 39.0 Å². The summed E-state index contributed by atoms with van der Waals surface area (Å²) in [6.07, 6.45) is 1.23. The zero-order valence-electron chi connectivity index (χ0n) is 21.5. The third kappa shape index (κ3) is 5.97. The first-order valence-corrected chi connectivity index (χ1v) is 14.0. The molecule has 5 nitrogen and oxygen atoms in total. The fourth-order valence-electron chi connectivity index (χ4n) is 5.64. The van der Waals surface area contributed by atoms with Gasteiger partial charge in [0.2, 0.25) is 0 Å². The minimum absolute atomic E-state index is 0.0903. The number of para-hydroxylation sites is 2. The maximum atomic E-state index is 14.8. The summed E-state index contributed by atoms with van der Waals surface area (Å²) in [7, 11) is 1.69. The summed E-state index contributed by atoms with van der Waals surface area (Å²) in [5.41, 5.74) is 0.845. The van der Waals surface area contributed by atoms with E-state index in [0.717, 1.165) is 59.9 Å². The standard InChI is InChI=1S/C30H33F2N2O3S/c1-36-27-8-4-5-9-29(27)38-19-18-34-16-14-23(15-17-34)28(21-34)37-30(35)33(26-7-3-2-6-25(26)32)20-22-10-12-24(31)13-11-22/h2-13,23,28H,14-21H2,1H3/q+1/t23?,28-,34?/m0/s1. The quantitative estimate of drug-likeness (QED) is 0.229. The number of benzene rings is 3.